The van der Waals surface area contributed by atoms with Crippen LogP contribution in [0.15, 0.2) is 79.0 Å². The van der Waals surface area contributed by atoms with Crippen molar-refractivity contribution >= 4 is 5.91 Å². The number of nitrogens with zero attached hydrogens (tertiary/aromatic N) is 1. The van der Waals surface area contributed by atoms with Gasteiger partial charge in [-0.05, 0) is 35.4 Å². The van der Waals surface area contributed by atoms with E-state index >= 15 is 0 Å². The molecule has 0 aliphatic heterocycles. The summed E-state index contributed by atoms with van der Waals surface area (Å²) in [5, 5.41) is 13.4. The van der Waals surface area contributed by atoms with Crippen molar-refractivity contribution in [2.24, 2.45) is 0 Å². The summed E-state index contributed by atoms with van der Waals surface area (Å²) in [5.41, 5.74) is 2.05. The van der Waals surface area contributed by atoms with Crippen LogP contribution >= 0.6 is 0 Å². The number of hydrogen-bond acceptors (Lipinski definition) is 4. The third-order valence-corrected chi connectivity index (χ3v) is 4.06. The highest BCUT2D eigenvalue weighted by atomic mass is 16.5. The van der Waals surface area contributed by atoms with Crippen LogP contribution in [0.1, 0.15) is 29.0 Å². The summed E-state index contributed by atoms with van der Waals surface area (Å²) in [7, 11) is 1.54. The van der Waals surface area contributed by atoms with Crippen LogP contribution in [-0.4, -0.2) is 23.1 Å². The maximum Gasteiger partial charge on any atom is 0.254 e. The van der Waals surface area contributed by atoms with E-state index in [0.29, 0.717) is 17.0 Å². The van der Waals surface area contributed by atoms with E-state index in [2.05, 4.69) is 10.3 Å². The van der Waals surface area contributed by atoms with Gasteiger partial charge in [-0.25, -0.2) is 0 Å². The van der Waals surface area contributed by atoms with E-state index < -0.39 is 18.1 Å². The van der Waals surface area contributed by atoms with Gasteiger partial charge < -0.3 is 15.2 Å². The third kappa shape index (κ3) is 4.07. The number of aromatic nitrogens is 1. The molecule has 0 aliphatic rings. The first-order valence-electron chi connectivity index (χ1n) is 8.27. The van der Waals surface area contributed by atoms with Gasteiger partial charge in [0, 0.05) is 6.20 Å². The van der Waals surface area contributed by atoms with Crippen molar-refractivity contribution in [1.82, 2.24) is 10.3 Å². The Labute approximate surface area is 152 Å². The molecule has 3 rings (SSSR count). The Morgan fingerprint density at radius 2 is 1.73 bits per heavy atom. The number of aliphatic hydroxyl groups excluding tert-OH is 1. The molecule has 3 aromatic rings. The summed E-state index contributed by atoms with van der Waals surface area (Å²) < 4.78 is 5.15. The lowest BCUT2D eigenvalue weighted by Gasteiger charge is -2.21. The average Bonchev–Trinajstić information content (AvgIpc) is 2.72. The van der Waals surface area contributed by atoms with Crippen LogP contribution in [0.4, 0.5) is 0 Å². The van der Waals surface area contributed by atoms with Crippen LogP contribution in [0.5, 0.6) is 5.75 Å². The molecule has 0 aliphatic carbocycles. The quantitative estimate of drug-likeness (QED) is 0.718. The van der Waals surface area contributed by atoms with E-state index in [0.717, 1.165) is 5.56 Å². The van der Waals surface area contributed by atoms with Crippen molar-refractivity contribution in [3.05, 3.63) is 95.8 Å². The maximum atomic E-state index is 12.7. The summed E-state index contributed by atoms with van der Waals surface area (Å²) in [6, 6.07) is 21.4. The molecule has 0 saturated heterocycles. The number of methoxy groups -OCH3 is 1. The van der Waals surface area contributed by atoms with Crippen molar-refractivity contribution in [3.63, 3.8) is 0 Å². The molecule has 2 unspecified atom stereocenters. The Kier molecular flexibility index (Phi) is 5.61. The summed E-state index contributed by atoms with van der Waals surface area (Å²) in [4.78, 5) is 17.0. The second-order valence-electron chi connectivity index (χ2n) is 5.79. The highest BCUT2D eigenvalue weighted by Crippen LogP contribution is 2.23. The fourth-order valence-corrected chi connectivity index (χ4v) is 2.70. The number of amides is 1. The van der Waals surface area contributed by atoms with Gasteiger partial charge in [-0.15, -0.1) is 0 Å². The molecule has 132 valence electrons. The molecule has 2 N–H and O–H groups in total. The molecule has 2 aromatic carbocycles. The second kappa shape index (κ2) is 8.27. The average molecular weight is 348 g/mol. The number of rotatable bonds is 6. The predicted octanol–water partition coefficient (Wildman–Crippen LogP) is 3.03. The third-order valence-electron chi connectivity index (χ3n) is 4.06. The monoisotopic (exact) mass is 348 g/mol. The highest BCUT2D eigenvalue weighted by molar-refractivity contribution is 5.82. The van der Waals surface area contributed by atoms with Crippen molar-refractivity contribution < 1.29 is 14.6 Å². The van der Waals surface area contributed by atoms with Crippen LogP contribution in [0.25, 0.3) is 0 Å². The minimum Gasteiger partial charge on any atom is -0.497 e. The van der Waals surface area contributed by atoms with Crippen LogP contribution < -0.4 is 10.1 Å². The summed E-state index contributed by atoms with van der Waals surface area (Å²) in [5.74, 6) is 0.0800. The molecule has 0 fully saturated rings. The Morgan fingerprint density at radius 1 is 1.00 bits per heavy atom. The molecular weight excluding hydrogens is 328 g/mol. The zero-order chi connectivity index (χ0) is 18.4. The normalized spacial score (nSPS) is 12.8. The Morgan fingerprint density at radius 3 is 2.42 bits per heavy atom. The molecule has 1 heterocycles. The zero-order valence-corrected chi connectivity index (χ0v) is 14.4. The van der Waals surface area contributed by atoms with Gasteiger partial charge in [-0.2, -0.15) is 0 Å². The Hall–Kier alpha value is -3.18. The fraction of sp³-hybridized carbons (Fsp3) is 0.143. The molecule has 0 bridgehead atoms. The lowest BCUT2D eigenvalue weighted by Crippen LogP contribution is -2.34. The minimum atomic E-state index is -1.31. The van der Waals surface area contributed by atoms with Gasteiger partial charge in [-0.3, -0.25) is 9.78 Å². The van der Waals surface area contributed by atoms with Crippen molar-refractivity contribution in [1.29, 1.82) is 0 Å². The van der Waals surface area contributed by atoms with Gasteiger partial charge in [0.2, 0.25) is 0 Å². The lowest BCUT2D eigenvalue weighted by molar-refractivity contribution is -0.130. The standard InChI is InChI=1S/C21H20N2O3/c1-26-17-11-7-10-16(14-17)20(24)21(25)23-19(15-8-3-2-4-9-15)18-12-5-6-13-22-18/h2-14,19-20,24H,1H3,(H,23,25). The van der Waals surface area contributed by atoms with E-state index in [1.165, 1.54) is 7.11 Å². The van der Waals surface area contributed by atoms with E-state index in [-0.39, 0.29) is 0 Å². The van der Waals surface area contributed by atoms with E-state index in [1.807, 2.05) is 48.5 Å². The smallest absolute Gasteiger partial charge is 0.254 e. The van der Waals surface area contributed by atoms with Gasteiger partial charge in [0.1, 0.15) is 5.75 Å². The number of ether oxygens (including phenoxy) is 1. The number of pyridine rings is 1. The molecule has 26 heavy (non-hydrogen) atoms. The zero-order valence-electron chi connectivity index (χ0n) is 14.4. The number of nitrogens with one attached hydrogen (secondary N) is 1. The van der Waals surface area contributed by atoms with Crippen molar-refractivity contribution in [2.45, 2.75) is 12.1 Å². The van der Waals surface area contributed by atoms with Gasteiger partial charge in [0.15, 0.2) is 6.10 Å². The van der Waals surface area contributed by atoms with Gasteiger partial charge >= 0.3 is 0 Å². The largest absolute Gasteiger partial charge is 0.497 e. The van der Waals surface area contributed by atoms with Crippen LogP contribution in [0, 0.1) is 0 Å². The first kappa shape index (κ1) is 17.6. The molecule has 0 radical (unpaired) electrons. The molecule has 5 heteroatoms. The molecular formula is C21H20N2O3. The Bertz CT molecular complexity index is 814. The predicted molar refractivity (Wildman–Crippen MR) is 98.6 cm³/mol. The molecule has 1 aromatic heterocycles. The van der Waals surface area contributed by atoms with E-state index in [1.54, 1.807) is 30.5 Å². The summed E-state index contributed by atoms with van der Waals surface area (Å²) in [6.07, 6.45) is 0.371. The van der Waals surface area contributed by atoms with E-state index in [4.69, 9.17) is 4.74 Å². The number of hydrogen-bond donors (Lipinski definition) is 2. The second-order valence-corrected chi connectivity index (χ2v) is 5.79. The molecule has 0 saturated carbocycles. The highest BCUT2D eigenvalue weighted by Gasteiger charge is 2.23. The van der Waals surface area contributed by atoms with Crippen molar-refractivity contribution in [3.8, 4) is 5.75 Å². The molecule has 5 nitrogen and oxygen atoms in total. The summed E-state index contributed by atoms with van der Waals surface area (Å²) in [6.45, 7) is 0. The summed E-state index contributed by atoms with van der Waals surface area (Å²) >= 11 is 0. The first-order chi connectivity index (χ1) is 12.7. The number of carbonyl (C=O) groups excluding carboxylic acids is 1. The molecule has 0 spiro atoms. The topological polar surface area (TPSA) is 71.5 Å². The number of aliphatic hydroxyl groups is 1. The SMILES string of the molecule is COc1cccc(C(O)C(=O)NC(c2ccccc2)c2ccccn2)c1. The van der Waals surface area contributed by atoms with Gasteiger partial charge in [0.25, 0.3) is 5.91 Å². The fourth-order valence-electron chi connectivity index (χ4n) is 2.70. The van der Waals surface area contributed by atoms with Gasteiger partial charge in [0.05, 0.1) is 18.8 Å². The van der Waals surface area contributed by atoms with Crippen molar-refractivity contribution in [2.75, 3.05) is 7.11 Å². The van der Waals surface area contributed by atoms with Crippen LogP contribution in [0.3, 0.4) is 0 Å². The minimum absolute atomic E-state index is 0.454. The lowest BCUT2D eigenvalue weighted by atomic mass is 10.0. The van der Waals surface area contributed by atoms with Gasteiger partial charge in [-0.1, -0.05) is 48.5 Å². The maximum absolute atomic E-state index is 12.7. The number of benzene rings is 2. The molecule has 1 amide bonds. The molecule has 2 atom stereocenters. The van der Waals surface area contributed by atoms with E-state index in [9.17, 15) is 9.90 Å². The van der Waals surface area contributed by atoms with Crippen LogP contribution in [-0.2, 0) is 4.79 Å². The first-order valence-corrected chi connectivity index (χ1v) is 8.27. The Balaban J connectivity index is 1.85. The van der Waals surface area contributed by atoms with Crippen LogP contribution in [0.2, 0.25) is 0 Å². The number of carbonyl (C=O) groups is 1.